The van der Waals surface area contributed by atoms with Gasteiger partial charge in [-0.05, 0) is 19.8 Å². The zero-order chi connectivity index (χ0) is 13.4. The van der Waals surface area contributed by atoms with Gasteiger partial charge in [-0.25, -0.2) is 9.13 Å². The molecule has 0 aromatic rings. The first kappa shape index (κ1) is 17.3. The van der Waals surface area contributed by atoms with Crippen LogP contribution in [0.15, 0.2) is 0 Å². The van der Waals surface area contributed by atoms with E-state index in [1.807, 2.05) is 0 Å². The average molecular weight is 290 g/mol. The van der Waals surface area contributed by atoms with Crippen LogP contribution in [0.25, 0.3) is 0 Å². The molecule has 0 aromatic heterocycles. The molecule has 7 nitrogen and oxygen atoms in total. The van der Waals surface area contributed by atoms with Crippen molar-refractivity contribution in [1.29, 1.82) is 0 Å². The summed E-state index contributed by atoms with van der Waals surface area (Å²) in [6, 6.07) is 0. The van der Waals surface area contributed by atoms with E-state index in [1.54, 1.807) is 13.8 Å². The normalized spacial score (nSPS) is 15.8. The molecule has 0 fully saturated rings. The predicted molar refractivity (Wildman–Crippen MR) is 62.6 cm³/mol. The monoisotopic (exact) mass is 290 g/mol. The largest absolute Gasteiger partial charge is 0.483 e. The molecule has 0 spiro atoms. The van der Waals surface area contributed by atoms with E-state index in [-0.39, 0.29) is 19.8 Å². The molecule has 0 amide bonds. The summed E-state index contributed by atoms with van der Waals surface area (Å²) in [6.45, 7) is 5.27. The van der Waals surface area contributed by atoms with Gasteiger partial charge in [-0.1, -0.05) is 13.8 Å². The highest BCUT2D eigenvalue weighted by molar-refractivity contribution is 7.61. The van der Waals surface area contributed by atoms with Crippen molar-refractivity contribution in [2.75, 3.05) is 19.8 Å². The van der Waals surface area contributed by atoms with Crippen molar-refractivity contribution in [2.45, 2.75) is 33.6 Å². The summed E-state index contributed by atoms with van der Waals surface area (Å²) in [6.07, 6.45) is 1.15. The van der Waals surface area contributed by atoms with Crippen LogP contribution in [0.5, 0.6) is 0 Å². The molecular weight excluding hydrogens is 270 g/mol. The zero-order valence-electron chi connectivity index (χ0n) is 10.3. The molecule has 0 saturated heterocycles. The zero-order valence-corrected chi connectivity index (χ0v) is 12.1. The van der Waals surface area contributed by atoms with E-state index in [9.17, 15) is 14.0 Å². The summed E-state index contributed by atoms with van der Waals surface area (Å²) < 4.78 is 41.9. The molecule has 1 atom stereocenters. The molecular formula is C8H20O7P2. The fraction of sp³-hybridized carbons (Fsp3) is 1.00. The van der Waals surface area contributed by atoms with Gasteiger partial charge < -0.3 is 4.89 Å². The van der Waals surface area contributed by atoms with E-state index >= 15 is 0 Å². The SMILES string of the molecule is CCCOP(=O)(OCCC)OP(=O)(O)OCC. The van der Waals surface area contributed by atoms with Gasteiger partial charge in [0.25, 0.3) is 0 Å². The summed E-state index contributed by atoms with van der Waals surface area (Å²) in [7, 11) is -8.45. The van der Waals surface area contributed by atoms with Crippen LogP contribution in [0.1, 0.15) is 33.6 Å². The maximum Gasteiger partial charge on any atom is 0.483 e. The quantitative estimate of drug-likeness (QED) is 0.618. The molecule has 0 saturated carbocycles. The number of phosphoric acid groups is 2. The summed E-state index contributed by atoms with van der Waals surface area (Å²) >= 11 is 0. The van der Waals surface area contributed by atoms with Crippen molar-refractivity contribution >= 4 is 15.6 Å². The third kappa shape index (κ3) is 8.06. The highest BCUT2D eigenvalue weighted by Gasteiger charge is 2.37. The van der Waals surface area contributed by atoms with Gasteiger partial charge in [-0.3, -0.25) is 13.6 Å². The predicted octanol–water partition coefficient (Wildman–Crippen LogP) is 3.10. The standard InChI is InChI=1S/C8H20O7P2/c1-4-7-13-17(11,14-8-5-2)15-16(9,10)12-6-3/h4-8H2,1-3H3,(H,9,10). The molecule has 17 heavy (non-hydrogen) atoms. The van der Waals surface area contributed by atoms with Gasteiger partial charge in [0, 0.05) is 0 Å². The Hall–Kier alpha value is 0.260. The number of phosphoric ester groups is 2. The first-order valence-corrected chi connectivity index (χ1v) is 8.42. The Morgan fingerprint density at radius 3 is 1.76 bits per heavy atom. The van der Waals surface area contributed by atoms with E-state index < -0.39 is 15.6 Å². The average Bonchev–Trinajstić information content (AvgIpc) is 2.23. The van der Waals surface area contributed by atoms with Crippen LogP contribution in [0, 0.1) is 0 Å². The number of rotatable bonds is 10. The van der Waals surface area contributed by atoms with Gasteiger partial charge in [-0.2, -0.15) is 4.31 Å². The third-order valence-electron chi connectivity index (χ3n) is 1.40. The maximum atomic E-state index is 11.9. The topological polar surface area (TPSA) is 91.3 Å². The number of hydrogen-bond donors (Lipinski definition) is 1. The second-order valence-electron chi connectivity index (χ2n) is 3.08. The lowest BCUT2D eigenvalue weighted by atomic mass is 10.5. The van der Waals surface area contributed by atoms with Gasteiger partial charge >= 0.3 is 15.6 Å². The molecule has 9 heteroatoms. The molecule has 1 unspecified atom stereocenters. The van der Waals surface area contributed by atoms with Crippen molar-refractivity contribution in [3.05, 3.63) is 0 Å². The molecule has 0 aliphatic heterocycles. The summed E-state index contributed by atoms with van der Waals surface area (Å²) in [5.41, 5.74) is 0. The Bertz CT molecular complexity index is 282. The van der Waals surface area contributed by atoms with Crippen LogP contribution < -0.4 is 0 Å². The van der Waals surface area contributed by atoms with Gasteiger partial charge in [0.2, 0.25) is 0 Å². The third-order valence-corrected chi connectivity index (χ3v) is 4.61. The lowest BCUT2D eigenvalue weighted by molar-refractivity contribution is 0.129. The fourth-order valence-electron chi connectivity index (χ4n) is 0.804. The maximum absolute atomic E-state index is 11.9. The first-order chi connectivity index (χ1) is 7.89. The molecule has 0 radical (unpaired) electrons. The van der Waals surface area contributed by atoms with Gasteiger partial charge in [0.1, 0.15) is 0 Å². The van der Waals surface area contributed by atoms with Crippen LogP contribution >= 0.6 is 15.6 Å². The lowest BCUT2D eigenvalue weighted by Gasteiger charge is -2.19. The molecule has 1 N–H and O–H groups in total. The second kappa shape index (κ2) is 8.38. The Morgan fingerprint density at radius 1 is 0.941 bits per heavy atom. The van der Waals surface area contributed by atoms with Crippen LogP contribution in [-0.2, 0) is 27.0 Å². The van der Waals surface area contributed by atoms with E-state index in [0.29, 0.717) is 12.8 Å². The van der Waals surface area contributed by atoms with Crippen LogP contribution in [0.2, 0.25) is 0 Å². The highest BCUT2D eigenvalue weighted by Crippen LogP contribution is 2.63. The second-order valence-corrected chi connectivity index (χ2v) is 6.34. The van der Waals surface area contributed by atoms with Crippen molar-refractivity contribution < 1.29 is 31.9 Å². The van der Waals surface area contributed by atoms with E-state index in [4.69, 9.17) is 9.05 Å². The van der Waals surface area contributed by atoms with Gasteiger partial charge in [0.15, 0.2) is 0 Å². The molecule has 0 bridgehead atoms. The van der Waals surface area contributed by atoms with E-state index in [0.717, 1.165) is 0 Å². The summed E-state index contributed by atoms with van der Waals surface area (Å²) in [5, 5.41) is 0. The molecule has 0 aromatic carbocycles. The Kier molecular flexibility index (Phi) is 8.51. The van der Waals surface area contributed by atoms with Crippen molar-refractivity contribution in [2.24, 2.45) is 0 Å². The fourth-order valence-corrected chi connectivity index (χ4v) is 3.59. The van der Waals surface area contributed by atoms with E-state index in [2.05, 4.69) is 8.83 Å². The van der Waals surface area contributed by atoms with E-state index in [1.165, 1.54) is 6.92 Å². The summed E-state index contributed by atoms with van der Waals surface area (Å²) in [5.74, 6) is 0. The van der Waals surface area contributed by atoms with Crippen LogP contribution in [-0.4, -0.2) is 24.7 Å². The van der Waals surface area contributed by atoms with Crippen LogP contribution in [0.3, 0.4) is 0 Å². The first-order valence-electron chi connectivity index (χ1n) is 5.47. The van der Waals surface area contributed by atoms with Crippen molar-refractivity contribution in [3.63, 3.8) is 0 Å². The van der Waals surface area contributed by atoms with Crippen LogP contribution in [0.4, 0.5) is 0 Å². The lowest BCUT2D eigenvalue weighted by Crippen LogP contribution is -2.02. The van der Waals surface area contributed by atoms with Gasteiger partial charge in [0.05, 0.1) is 19.8 Å². The smallest absolute Gasteiger partial charge is 0.302 e. The van der Waals surface area contributed by atoms with Gasteiger partial charge in [-0.15, -0.1) is 0 Å². The highest BCUT2D eigenvalue weighted by atomic mass is 31.3. The minimum Gasteiger partial charge on any atom is -0.302 e. The molecule has 0 heterocycles. The number of hydrogen-bond acceptors (Lipinski definition) is 6. The van der Waals surface area contributed by atoms with Crippen molar-refractivity contribution in [3.8, 4) is 0 Å². The Balaban J connectivity index is 4.56. The Morgan fingerprint density at radius 2 is 1.41 bits per heavy atom. The molecule has 104 valence electrons. The minimum absolute atomic E-state index is 0.0463. The summed E-state index contributed by atoms with van der Waals surface area (Å²) in [4.78, 5) is 9.23. The minimum atomic E-state index is -4.41. The Labute approximate surface area is 102 Å². The molecule has 0 rings (SSSR count). The molecule has 0 aliphatic carbocycles. The van der Waals surface area contributed by atoms with Crippen molar-refractivity contribution in [1.82, 2.24) is 0 Å². The molecule has 0 aliphatic rings.